The Kier molecular flexibility index (Phi) is 5.59. The smallest absolute Gasteiger partial charge is 0.239 e. The number of nitrogens with two attached hydrogens (primary N) is 1. The maximum absolute atomic E-state index is 13.6. The predicted molar refractivity (Wildman–Crippen MR) is 76.8 cm³/mol. The number of nitrogens with zero attached hydrogens (tertiary/aromatic N) is 1. The summed E-state index contributed by atoms with van der Waals surface area (Å²) < 4.78 is 39.6. The highest BCUT2D eigenvalue weighted by molar-refractivity contribution is 5.85. The topological polar surface area (TPSA) is 75.4 Å². The van der Waals surface area contributed by atoms with Crippen LogP contribution in [0.4, 0.5) is 13.2 Å². The van der Waals surface area contributed by atoms with Crippen LogP contribution in [0.25, 0.3) is 0 Å². The highest BCUT2D eigenvalue weighted by atomic mass is 19.2. The number of rotatable bonds is 4. The van der Waals surface area contributed by atoms with Crippen molar-refractivity contribution in [3.05, 3.63) is 35.1 Å². The van der Waals surface area contributed by atoms with Crippen molar-refractivity contribution in [2.45, 2.75) is 25.3 Å². The largest absolute Gasteiger partial charge is 0.354 e. The monoisotopic (exact) mass is 329 g/mol. The van der Waals surface area contributed by atoms with Crippen molar-refractivity contribution in [2.24, 2.45) is 5.73 Å². The summed E-state index contributed by atoms with van der Waals surface area (Å²) in [5.74, 6) is -3.90. The first-order valence-corrected chi connectivity index (χ1v) is 7.30. The van der Waals surface area contributed by atoms with Gasteiger partial charge in [0.25, 0.3) is 0 Å². The van der Waals surface area contributed by atoms with Crippen molar-refractivity contribution >= 4 is 11.8 Å². The van der Waals surface area contributed by atoms with Gasteiger partial charge in [-0.25, -0.2) is 13.2 Å². The minimum atomic E-state index is -1.27. The van der Waals surface area contributed by atoms with E-state index < -0.39 is 23.5 Å². The predicted octanol–water partition coefficient (Wildman–Crippen LogP) is 0.712. The van der Waals surface area contributed by atoms with Crippen molar-refractivity contribution in [2.75, 3.05) is 19.6 Å². The van der Waals surface area contributed by atoms with E-state index in [9.17, 15) is 22.8 Å². The molecule has 3 N–H and O–H groups in total. The molecule has 1 saturated heterocycles. The molecule has 0 aliphatic carbocycles. The molecule has 23 heavy (non-hydrogen) atoms. The van der Waals surface area contributed by atoms with Gasteiger partial charge in [0.15, 0.2) is 11.6 Å². The zero-order chi connectivity index (χ0) is 17.0. The molecule has 0 saturated carbocycles. The Labute approximate surface area is 131 Å². The lowest BCUT2D eigenvalue weighted by Gasteiger charge is -2.21. The van der Waals surface area contributed by atoms with E-state index in [1.165, 1.54) is 4.90 Å². The molecule has 1 aliphatic rings. The van der Waals surface area contributed by atoms with E-state index in [-0.39, 0.29) is 36.8 Å². The molecule has 126 valence electrons. The first-order valence-electron chi connectivity index (χ1n) is 7.30. The summed E-state index contributed by atoms with van der Waals surface area (Å²) >= 11 is 0. The third-order valence-corrected chi connectivity index (χ3v) is 3.62. The van der Waals surface area contributed by atoms with E-state index in [1.807, 2.05) is 0 Å². The fourth-order valence-electron chi connectivity index (χ4n) is 2.45. The lowest BCUT2D eigenvalue weighted by Crippen LogP contribution is -2.40. The quantitative estimate of drug-likeness (QED) is 0.799. The van der Waals surface area contributed by atoms with Gasteiger partial charge in [-0.3, -0.25) is 9.59 Å². The molecule has 1 aromatic carbocycles. The molecular weight excluding hydrogens is 311 g/mol. The fraction of sp³-hybridized carbons (Fsp3) is 0.467. The average Bonchev–Trinajstić information content (AvgIpc) is 2.69. The molecule has 2 amide bonds. The van der Waals surface area contributed by atoms with Crippen molar-refractivity contribution in [1.82, 2.24) is 10.2 Å². The van der Waals surface area contributed by atoms with Gasteiger partial charge < -0.3 is 16.0 Å². The summed E-state index contributed by atoms with van der Waals surface area (Å²) in [6, 6.07) is 0.445. The molecular formula is C15H18F3N3O2. The molecule has 0 spiro atoms. The van der Waals surface area contributed by atoms with Crippen molar-refractivity contribution < 1.29 is 22.8 Å². The van der Waals surface area contributed by atoms with Crippen LogP contribution in [0.15, 0.2) is 12.1 Å². The number of hydrogen-bond acceptors (Lipinski definition) is 3. The molecule has 1 aromatic rings. The number of amides is 2. The molecule has 5 nitrogen and oxygen atoms in total. The summed E-state index contributed by atoms with van der Waals surface area (Å²) in [6.07, 6.45) is 0.436. The molecule has 0 bridgehead atoms. The summed E-state index contributed by atoms with van der Waals surface area (Å²) in [6.45, 7) is 0.906. The van der Waals surface area contributed by atoms with Crippen LogP contribution in [0.3, 0.4) is 0 Å². The van der Waals surface area contributed by atoms with Crippen LogP contribution < -0.4 is 11.1 Å². The van der Waals surface area contributed by atoms with Crippen LogP contribution in [0.1, 0.15) is 18.4 Å². The van der Waals surface area contributed by atoms with Crippen molar-refractivity contribution in [1.29, 1.82) is 0 Å². The summed E-state index contributed by atoms with van der Waals surface area (Å²) in [4.78, 5) is 25.0. The maximum atomic E-state index is 13.6. The fourth-order valence-corrected chi connectivity index (χ4v) is 2.45. The molecule has 1 heterocycles. The third-order valence-electron chi connectivity index (χ3n) is 3.62. The minimum absolute atomic E-state index is 0.0366. The Balaban J connectivity index is 1.96. The lowest BCUT2D eigenvalue weighted by atomic mass is 10.0. The van der Waals surface area contributed by atoms with Crippen molar-refractivity contribution in [3.63, 3.8) is 0 Å². The first-order chi connectivity index (χ1) is 10.9. The zero-order valence-corrected chi connectivity index (χ0v) is 12.4. The number of hydrogen-bond donors (Lipinski definition) is 2. The van der Waals surface area contributed by atoms with E-state index in [4.69, 9.17) is 5.73 Å². The van der Waals surface area contributed by atoms with Gasteiger partial charge in [-0.1, -0.05) is 0 Å². The second-order valence-electron chi connectivity index (χ2n) is 5.54. The molecule has 1 fully saturated rings. The van der Waals surface area contributed by atoms with Crippen LogP contribution in [0, 0.1) is 17.5 Å². The van der Waals surface area contributed by atoms with Gasteiger partial charge >= 0.3 is 0 Å². The van der Waals surface area contributed by atoms with E-state index >= 15 is 0 Å². The second kappa shape index (κ2) is 7.45. The van der Waals surface area contributed by atoms with E-state index in [2.05, 4.69) is 5.32 Å². The Hall–Kier alpha value is -2.09. The van der Waals surface area contributed by atoms with Gasteiger partial charge in [-0.2, -0.15) is 0 Å². The molecule has 8 heteroatoms. The highest BCUT2D eigenvalue weighted by Gasteiger charge is 2.22. The van der Waals surface area contributed by atoms with Crippen LogP contribution in [0.2, 0.25) is 0 Å². The van der Waals surface area contributed by atoms with Crippen molar-refractivity contribution in [3.8, 4) is 0 Å². The van der Waals surface area contributed by atoms with E-state index in [0.29, 0.717) is 25.6 Å². The first kappa shape index (κ1) is 17.3. The zero-order valence-electron chi connectivity index (χ0n) is 12.4. The molecule has 1 atom stereocenters. The molecule has 1 aliphatic heterocycles. The number of halogens is 3. The Bertz CT molecular complexity index is 610. The van der Waals surface area contributed by atoms with Crippen LogP contribution >= 0.6 is 0 Å². The Morgan fingerprint density at radius 2 is 1.96 bits per heavy atom. The van der Waals surface area contributed by atoms with Crippen LogP contribution in [0.5, 0.6) is 0 Å². The van der Waals surface area contributed by atoms with Gasteiger partial charge in [0.05, 0.1) is 6.54 Å². The summed E-state index contributed by atoms with van der Waals surface area (Å²) in [5, 5.41) is 2.65. The van der Waals surface area contributed by atoms with Gasteiger partial charge in [-0.05, 0) is 24.5 Å². The van der Waals surface area contributed by atoms with Crippen LogP contribution in [-0.4, -0.2) is 42.4 Å². The van der Waals surface area contributed by atoms with Crippen LogP contribution in [-0.2, 0) is 16.0 Å². The molecule has 0 unspecified atom stereocenters. The Morgan fingerprint density at radius 1 is 1.26 bits per heavy atom. The number of nitrogens with one attached hydrogen (secondary N) is 1. The average molecular weight is 329 g/mol. The van der Waals surface area contributed by atoms with Gasteiger partial charge in [0.1, 0.15) is 5.82 Å². The second-order valence-corrected chi connectivity index (χ2v) is 5.54. The third kappa shape index (κ3) is 4.69. The van der Waals surface area contributed by atoms with E-state index in [0.717, 1.165) is 6.07 Å². The Morgan fingerprint density at radius 3 is 2.70 bits per heavy atom. The number of carbonyl (C=O) groups is 2. The van der Waals surface area contributed by atoms with Gasteiger partial charge in [0, 0.05) is 31.6 Å². The van der Waals surface area contributed by atoms with E-state index in [1.54, 1.807) is 0 Å². The normalized spacial score (nSPS) is 16.7. The highest BCUT2D eigenvalue weighted by Crippen LogP contribution is 2.16. The lowest BCUT2D eigenvalue weighted by molar-refractivity contribution is -0.135. The molecule has 0 aromatic heterocycles. The minimum Gasteiger partial charge on any atom is -0.354 e. The summed E-state index contributed by atoms with van der Waals surface area (Å²) in [7, 11) is 0. The summed E-state index contributed by atoms with van der Waals surface area (Å²) in [5.41, 5.74) is 5.73. The van der Waals surface area contributed by atoms with Gasteiger partial charge in [-0.15, -0.1) is 0 Å². The number of benzene rings is 1. The maximum Gasteiger partial charge on any atom is 0.239 e. The standard InChI is InChI=1S/C15H18F3N3O2/c16-11-7-13(18)12(17)5-9(11)4-10(19)6-15(23)21-3-1-2-20-14(22)8-21/h5,7,10H,1-4,6,8,19H2,(H,20,22)/t10-/m1/s1. The molecule has 2 rings (SSSR count). The molecule has 0 radical (unpaired) electrons. The van der Waals surface area contributed by atoms with Gasteiger partial charge in [0.2, 0.25) is 11.8 Å². The number of carbonyl (C=O) groups excluding carboxylic acids is 2. The SMILES string of the molecule is N[C@@H](CC(=O)N1CCCNC(=O)C1)Cc1cc(F)c(F)cc1F.